The van der Waals surface area contributed by atoms with Crippen molar-refractivity contribution < 1.29 is 42.1 Å². The molecule has 0 aromatic heterocycles. The third-order valence-electron chi connectivity index (χ3n) is 8.29. The number of Topliss-reactive ketones (excluding diaryl/α,β-unsaturated/α-hetero) is 1. The maximum Gasteiger partial charge on any atom is 0.407 e. The number of carbonyl (C=O) groups excluding carboxylic acids is 3. The second kappa shape index (κ2) is 16.6. The first-order valence-corrected chi connectivity index (χ1v) is 17.6. The highest BCUT2D eigenvalue weighted by molar-refractivity contribution is 7.89. The maximum absolute atomic E-state index is 13.9. The summed E-state index contributed by atoms with van der Waals surface area (Å²) >= 11 is 0. The van der Waals surface area contributed by atoms with Crippen molar-refractivity contribution in [2.45, 2.75) is 82.8 Å². The number of fused-ring (bicyclic) bond motifs is 1. The number of amides is 2. The highest BCUT2D eigenvalue weighted by Crippen LogP contribution is 2.33. The third kappa shape index (κ3) is 10.3. The van der Waals surface area contributed by atoms with Gasteiger partial charge in [0.25, 0.3) is 0 Å². The van der Waals surface area contributed by atoms with Crippen LogP contribution in [0.4, 0.5) is 10.5 Å². The molecule has 4 rings (SSSR count). The van der Waals surface area contributed by atoms with Gasteiger partial charge in [-0.15, -0.1) is 0 Å². The van der Waals surface area contributed by atoms with Crippen LogP contribution in [0.1, 0.15) is 52.5 Å². The van der Waals surface area contributed by atoms with E-state index in [1.807, 2.05) is 44.2 Å². The molecule has 47 heavy (non-hydrogen) atoms. The Morgan fingerprint density at radius 2 is 1.68 bits per heavy atom. The predicted molar refractivity (Wildman–Crippen MR) is 175 cm³/mol. The second-order valence-corrected chi connectivity index (χ2v) is 14.8. The Kier molecular flexibility index (Phi) is 12.9. The average Bonchev–Trinajstić information content (AvgIpc) is 3.65. The van der Waals surface area contributed by atoms with E-state index in [9.17, 15) is 27.9 Å². The maximum atomic E-state index is 13.9. The molecule has 0 bridgehead atoms. The first kappa shape index (κ1) is 36.5. The first-order valence-electron chi connectivity index (χ1n) is 16.2. The van der Waals surface area contributed by atoms with Crippen molar-refractivity contribution in [3.05, 3.63) is 60.2 Å². The lowest BCUT2D eigenvalue weighted by atomic mass is 10.0. The van der Waals surface area contributed by atoms with Crippen LogP contribution in [0.2, 0.25) is 0 Å². The number of aliphatic hydroxyl groups is 1. The number of nitrogens with one attached hydrogen (secondary N) is 2. The molecule has 0 radical (unpaired) electrons. The first-order chi connectivity index (χ1) is 22.3. The molecule has 2 fully saturated rings. The van der Waals surface area contributed by atoms with Crippen LogP contribution in [0.25, 0.3) is 0 Å². The molecule has 13 heteroatoms. The number of sulfonamides is 1. The molecule has 5 atom stereocenters. The lowest BCUT2D eigenvalue weighted by Gasteiger charge is -2.31. The van der Waals surface area contributed by atoms with E-state index in [1.165, 1.54) is 28.6 Å². The fraction of sp³-hybridized carbons (Fsp3) is 0.559. The Labute approximate surface area is 277 Å². The van der Waals surface area contributed by atoms with Crippen LogP contribution in [-0.4, -0.2) is 86.5 Å². The predicted octanol–water partition coefficient (Wildman–Crippen LogP) is 3.74. The molecule has 258 valence electrons. The number of hydrogen-bond donors (Lipinski definition) is 3. The molecule has 3 N–H and O–H groups in total. The SMILES string of the molecule is CC(C)CN(C[C@@H](O)[C@H](Cc1ccccc1)NC(=O)O[C@H]1CO[C@H]2OCC[C@H]21)S(=O)(=O)c1ccc(NC(=O)CCC(=O)C(C)C)cc1. The van der Waals surface area contributed by atoms with Crippen LogP contribution in [0.5, 0.6) is 0 Å². The van der Waals surface area contributed by atoms with Crippen molar-refractivity contribution in [1.29, 1.82) is 0 Å². The van der Waals surface area contributed by atoms with E-state index in [-0.39, 0.29) is 79.6 Å². The molecule has 2 aliphatic rings. The van der Waals surface area contributed by atoms with Gasteiger partial charge in [0.05, 0.1) is 36.2 Å². The Morgan fingerprint density at radius 3 is 2.34 bits per heavy atom. The number of ketones is 1. The van der Waals surface area contributed by atoms with E-state index in [4.69, 9.17) is 14.2 Å². The van der Waals surface area contributed by atoms with Crippen molar-refractivity contribution in [1.82, 2.24) is 9.62 Å². The minimum Gasteiger partial charge on any atom is -0.443 e. The van der Waals surface area contributed by atoms with Gasteiger partial charge in [0.1, 0.15) is 11.9 Å². The molecule has 2 saturated heterocycles. The summed E-state index contributed by atoms with van der Waals surface area (Å²) in [6.45, 7) is 7.89. The van der Waals surface area contributed by atoms with Crippen LogP contribution in [0.3, 0.4) is 0 Å². The molecule has 2 aromatic carbocycles. The molecule has 2 heterocycles. The van der Waals surface area contributed by atoms with Crippen LogP contribution in [0.15, 0.2) is 59.5 Å². The zero-order chi connectivity index (χ0) is 34.1. The van der Waals surface area contributed by atoms with Crippen molar-refractivity contribution >= 4 is 33.5 Å². The van der Waals surface area contributed by atoms with Gasteiger partial charge in [-0.25, -0.2) is 13.2 Å². The van der Waals surface area contributed by atoms with Crippen molar-refractivity contribution in [2.75, 3.05) is 31.6 Å². The van der Waals surface area contributed by atoms with Gasteiger partial charge < -0.3 is 30.0 Å². The fourth-order valence-electron chi connectivity index (χ4n) is 5.64. The van der Waals surface area contributed by atoms with Crippen LogP contribution in [-0.2, 0) is 40.2 Å². The van der Waals surface area contributed by atoms with Gasteiger partial charge in [-0.3, -0.25) is 9.59 Å². The van der Waals surface area contributed by atoms with E-state index in [1.54, 1.807) is 13.8 Å². The van der Waals surface area contributed by atoms with Gasteiger partial charge in [0, 0.05) is 37.5 Å². The largest absolute Gasteiger partial charge is 0.443 e. The van der Waals surface area contributed by atoms with Gasteiger partial charge in [0.2, 0.25) is 15.9 Å². The lowest BCUT2D eigenvalue weighted by Crippen LogP contribution is -2.51. The summed E-state index contributed by atoms with van der Waals surface area (Å²) < 4.78 is 45.7. The highest BCUT2D eigenvalue weighted by Gasteiger charge is 2.44. The van der Waals surface area contributed by atoms with E-state index in [0.29, 0.717) is 18.7 Å². The molecule has 0 unspecified atom stereocenters. The van der Waals surface area contributed by atoms with Gasteiger partial charge >= 0.3 is 6.09 Å². The number of rotatable bonds is 16. The number of ether oxygens (including phenoxy) is 3. The number of alkyl carbamates (subject to hydrolysis) is 1. The monoisotopic (exact) mass is 673 g/mol. The Morgan fingerprint density at radius 1 is 0.979 bits per heavy atom. The van der Waals surface area contributed by atoms with Crippen LogP contribution < -0.4 is 10.6 Å². The zero-order valence-corrected chi connectivity index (χ0v) is 28.3. The second-order valence-electron chi connectivity index (χ2n) is 12.9. The molecular weight excluding hydrogens is 626 g/mol. The number of hydrogen-bond acceptors (Lipinski definition) is 9. The summed E-state index contributed by atoms with van der Waals surface area (Å²) in [4.78, 5) is 37.2. The standard InChI is InChI=1S/C34H47N3O9S/c1-22(2)19-37(47(42,43)26-12-10-25(11-13-26)35-32(40)15-14-29(38)23(3)4)20-30(39)28(18-24-8-6-5-7-9-24)36-34(41)46-31-21-45-33-27(31)16-17-44-33/h5-13,22-23,27-28,30-31,33,39H,14-21H2,1-4H3,(H,35,40)(H,36,41)/t27-,28-,30+,31-,33+/m0/s1. The summed E-state index contributed by atoms with van der Waals surface area (Å²) in [5.41, 5.74) is 1.24. The number of nitrogens with zero attached hydrogens (tertiary/aromatic N) is 1. The van der Waals surface area contributed by atoms with E-state index in [2.05, 4.69) is 10.6 Å². The molecule has 2 aromatic rings. The van der Waals surface area contributed by atoms with E-state index < -0.39 is 34.4 Å². The van der Waals surface area contributed by atoms with Crippen LogP contribution >= 0.6 is 0 Å². The third-order valence-corrected chi connectivity index (χ3v) is 10.1. The van der Waals surface area contributed by atoms with Gasteiger partial charge in [-0.1, -0.05) is 58.0 Å². The number of benzene rings is 2. The number of aliphatic hydroxyl groups excluding tert-OH is 1. The lowest BCUT2D eigenvalue weighted by molar-refractivity contribution is -0.124. The molecule has 2 amide bonds. The summed E-state index contributed by atoms with van der Waals surface area (Å²) in [6.07, 6.45) is -1.77. The Hall–Kier alpha value is -3.36. The normalized spacial score (nSPS) is 20.6. The van der Waals surface area contributed by atoms with E-state index in [0.717, 1.165) is 5.56 Å². The molecular formula is C34H47N3O9S. The number of carbonyl (C=O) groups is 3. The Bertz CT molecular complexity index is 1450. The van der Waals surface area contributed by atoms with Crippen LogP contribution in [0, 0.1) is 17.8 Å². The minimum atomic E-state index is -4.09. The molecule has 0 aliphatic carbocycles. The average molecular weight is 674 g/mol. The Balaban J connectivity index is 1.45. The van der Waals surface area contributed by atoms with Crippen molar-refractivity contribution in [2.24, 2.45) is 17.8 Å². The van der Waals surface area contributed by atoms with E-state index >= 15 is 0 Å². The number of anilines is 1. The molecule has 2 aliphatic heterocycles. The minimum absolute atomic E-state index is 0.00662. The quantitative estimate of drug-likeness (QED) is 0.241. The fourth-order valence-corrected chi connectivity index (χ4v) is 7.27. The van der Waals surface area contributed by atoms with Gasteiger partial charge in [-0.05, 0) is 48.6 Å². The van der Waals surface area contributed by atoms with Crippen molar-refractivity contribution in [3.63, 3.8) is 0 Å². The summed E-state index contributed by atoms with van der Waals surface area (Å²) in [5.74, 6) is -0.628. The van der Waals surface area contributed by atoms with Gasteiger partial charge in [-0.2, -0.15) is 4.31 Å². The van der Waals surface area contributed by atoms with Gasteiger partial charge in [0.15, 0.2) is 6.29 Å². The molecule has 0 saturated carbocycles. The van der Waals surface area contributed by atoms with Crippen molar-refractivity contribution in [3.8, 4) is 0 Å². The topological polar surface area (TPSA) is 161 Å². The molecule has 12 nitrogen and oxygen atoms in total. The summed E-state index contributed by atoms with van der Waals surface area (Å²) in [5, 5.41) is 17.0. The molecule has 0 spiro atoms. The summed E-state index contributed by atoms with van der Waals surface area (Å²) in [6, 6.07) is 14.2. The summed E-state index contributed by atoms with van der Waals surface area (Å²) in [7, 11) is -4.09. The highest BCUT2D eigenvalue weighted by atomic mass is 32.2. The zero-order valence-electron chi connectivity index (χ0n) is 27.5. The smallest absolute Gasteiger partial charge is 0.407 e.